The number of hydrogen-bond donors (Lipinski definition) is 0. The third-order valence-corrected chi connectivity index (χ3v) is 8.22. The molecule has 100 valence electrons. The number of allylic oxidation sites excluding steroid dienone is 2. The molecule has 0 unspecified atom stereocenters. The molecule has 0 saturated heterocycles. The number of Topliss-reactive ketones (excluding diaryl/α,β-unsaturated/α-hetero) is 1. The number of carbonyl (C=O) groups is 1. The molecule has 0 aromatic carbocycles. The Bertz CT molecular complexity index is 404. The van der Waals surface area contributed by atoms with Crippen LogP contribution >= 0.6 is 0 Å². The van der Waals surface area contributed by atoms with Gasteiger partial charge in [0, 0.05) is 11.5 Å². The fourth-order valence-electron chi connectivity index (χ4n) is 5.24. The molecule has 0 spiro atoms. The van der Waals surface area contributed by atoms with E-state index in [9.17, 15) is 4.79 Å². The molecule has 0 aromatic heterocycles. The zero-order valence-corrected chi connectivity index (χ0v) is 13.3. The first-order valence-electron chi connectivity index (χ1n) is 7.54. The predicted molar refractivity (Wildman–Crippen MR) is 78.1 cm³/mol. The summed E-state index contributed by atoms with van der Waals surface area (Å²) in [5.74, 6) is 4.36. The molecular formula is C16H26OSi. The molecule has 0 heterocycles. The second kappa shape index (κ2) is 3.81. The van der Waals surface area contributed by atoms with Gasteiger partial charge in [0.2, 0.25) is 0 Å². The summed E-state index contributed by atoms with van der Waals surface area (Å²) < 4.78 is 0. The molecule has 6 atom stereocenters. The molecule has 2 fully saturated rings. The molecule has 0 amide bonds. The Labute approximate surface area is 112 Å². The largest absolute Gasteiger partial charge is 0.299 e. The minimum atomic E-state index is -1.39. The SMILES string of the molecule is CC(C)[C@H]1[C@H]2[C@@H](C(=O)[C@@H]1[Si](C)(C)C)[C@@H]1C=C[C@H]2C1. The van der Waals surface area contributed by atoms with E-state index in [0.29, 0.717) is 40.9 Å². The van der Waals surface area contributed by atoms with Crippen LogP contribution < -0.4 is 0 Å². The van der Waals surface area contributed by atoms with Gasteiger partial charge in [0.1, 0.15) is 5.78 Å². The lowest BCUT2D eigenvalue weighted by Crippen LogP contribution is -2.38. The van der Waals surface area contributed by atoms with Crippen LogP contribution in [-0.4, -0.2) is 13.9 Å². The summed E-state index contributed by atoms with van der Waals surface area (Å²) in [4.78, 5) is 12.9. The van der Waals surface area contributed by atoms with E-state index in [2.05, 4.69) is 45.6 Å². The number of fused-ring (bicyclic) bond motifs is 5. The Morgan fingerprint density at radius 1 is 1.17 bits per heavy atom. The summed E-state index contributed by atoms with van der Waals surface area (Å²) in [5.41, 5.74) is 0.415. The Kier molecular flexibility index (Phi) is 2.68. The van der Waals surface area contributed by atoms with Crippen LogP contribution in [0.25, 0.3) is 0 Å². The molecule has 2 bridgehead atoms. The first-order valence-corrected chi connectivity index (χ1v) is 11.1. The average molecular weight is 262 g/mol. The van der Waals surface area contributed by atoms with Gasteiger partial charge in [-0.25, -0.2) is 0 Å². The van der Waals surface area contributed by atoms with Crippen molar-refractivity contribution in [1.29, 1.82) is 0 Å². The van der Waals surface area contributed by atoms with E-state index in [0.717, 1.165) is 5.92 Å². The lowest BCUT2D eigenvalue weighted by molar-refractivity contribution is -0.121. The zero-order valence-electron chi connectivity index (χ0n) is 12.3. The maximum Gasteiger partial charge on any atom is 0.137 e. The first kappa shape index (κ1) is 12.7. The molecule has 2 saturated carbocycles. The highest BCUT2D eigenvalue weighted by Crippen LogP contribution is 2.63. The van der Waals surface area contributed by atoms with Gasteiger partial charge >= 0.3 is 0 Å². The molecule has 2 heteroatoms. The fraction of sp³-hybridized carbons (Fsp3) is 0.812. The smallest absolute Gasteiger partial charge is 0.137 e. The van der Waals surface area contributed by atoms with Crippen LogP contribution in [0.4, 0.5) is 0 Å². The number of rotatable bonds is 2. The van der Waals surface area contributed by atoms with Gasteiger partial charge in [-0.05, 0) is 36.0 Å². The highest BCUT2D eigenvalue weighted by molar-refractivity contribution is 6.80. The van der Waals surface area contributed by atoms with E-state index in [1.807, 2.05) is 0 Å². The van der Waals surface area contributed by atoms with Crippen molar-refractivity contribution < 1.29 is 4.79 Å². The van der Waals surface area contributed by atoms with Crippen molar-refractivity contribution in [3.63, 3.8) is 0 Å². The van der Waals surface area contributed by atoms with E-state index in [-0.39, 0.29) is 0 Å². The van der Waals surface area contributed by atoms with E-state index in [4.69, 9.17) is 0 Å². The van der Waals surface area contributed by atoms with Crippen LogP contribution in [0.2, 0.25) is 25.2 Å². The maximum absolute atomic E-state index is 12.9. The molecular weight excluding hydrogens is 236 g/mol. The van der Waals surface area contributed by atoms with Crippen molar-refractivity contribution in [2.24, 2.45) is 35.5 Å². The Morgan fingerprint density at radius 3 is 2.33 bits per heavy atom. The Balaban J connectivity index is 2.02. The molecule has 3 aliphatic carbocycles. The second-order valence-corrected chi connectivity index (χ2v) is 13.5. The summed E-state index contributed by atoms with van der Waals surface area (Å²) in [6.07, 6.45) is 6.03. The van der Waals surface area contributed by atoms with Crippen LogP contribution in [0.15, 0.2) is 12.2 Å². The van der Waals surface area contributed by atoms with Crippen molar-refractivity contribution >= 4 is 13.9 Å². The minimum absolute atomic E-state index is 0.393. The van der Waals surface area contributed by atoms with Gasteiger partial charge in [-0.1, -0.05) is 45.6 Å². The van der Waals surface area contributed by atoms with E-state index < -0.39 is 8.07 Å². The number of hydrogen-bond acceptors (Lipinski definition) is 1. The van der Waals surface area contributed by atoms with E-state index in [1.54, 1.807) is 0 Å². The van der Waals surface area contributed by atoms with Crippen LogP contribution in [0.5, 0.6) is 0 Å². The van der Waals surface area contributed by atoms with Gasteiger partial charge in [-0.2, -0.15) is 0 Å². The lowest BCUT2D eigenvalue weighted by Gasteiger charge is -2.35. The van der Waals surface area contributed by atoms with Crippen LogP contribution in [0.1, 0.15) is 20.3 Å². The van der Waals surface area contributed by atoms with Gasteiger partial charge in [-0.3, -0.25) is 4.79 Å². The van der Waals surface area contributed by atoms with Crippen LogP contribution in [0.3, 0.4) is 0 Å². The summed E-state index contributed by atoms with van der Waals surface area (Å²) >= 11 is 0. The molecule has 3 rings (SSSR count). The van der Waals surface area contributed by atoms with E-state index in [1.165, 1.54) is 6.42 Å². The van der Waals surface area contributed by atoms with Gasteiger partial charge < -0.3 is 0 Å². The maximum atomic E-state index is 12.9. The minimum Gasteiger partial charge on any atom is -0.299 e. The van der Waals surface area contributed by atoms with Crippen molar-refractivity contribution in [2.75, 3.05) is 0 Å². The Morgan fingerprint density at radius 2 is 1.78 bits per heavy atom. The quantitative estimate of drug-likeness (QED) is 0.543. The van der Waals surface area contributed by atoms with Crippen molar-refractivity contribution in [3.8, 4) is 0 Å². The van der Waals surface area contributed by atoms with Crippen molar-refractivity contribution in [2.45, 2.75) is 45.5 Å². The summed E-state index contributed by atoms with van der Waals surface area (Å²) in [6, 6.07) is 0. The van der Waals surface area contributed by atoms with Crippen LogP contribution in [0, 0.1) is 35.5 Å². The normalized spacial score (nSPS) is 46.2. The Hall–Kier alpha value is -0.373. The third-order valence-electron chi connectivity index (χ3n) is 5.69. The summed E-state index contributed by atoms with van der Waals surface area (Å²) in [5, 5.41) is 0. The summed E-state index contributed by atoms with van der Waals surface area (Å²) in [6.45, 7) is 11.8. The van der Waals surface area contributed by atoms with Crippen molar-refractivity contribution in [1.82, 2.24) is 0 Å². The zero-order chi connectivity index (χ0) is 13.2. The van der Waals surface area contributed by atoms with Gasteiger partial charge in [0.05, 0.1) is 8.07 Å². The topological polar surface area (TPSA) is 17.1 Å². The monoisotopic (exact) mass is 262 g/mol. The highest BCUT2D eigenvalue weighted by atomic mass is 28.3. The third kappa shape index (κ3) is 1.54. The second-order valence-electron chi connectivity index (χ2n) is 8.12. The van der Waals surface area contributed by atoms with Crippen LogP contribution in [-0.2, 0) is 4.79 Å². The fourth-order valence-corrected chi connectivity index (χ4v) is 8.05. The summed E-state index contributed by atoms with van der Waals surface area (Å²) in [7, 11) is -1.39. The number of carbonyl (C=O) groups excluding carboxylic acids is 1. The average Bonchev–Trinajstić information content (AvgIpc) is 2.86. The van der Waals surface area contributed by atoms with Gasteiger partial charge in [0.25, 0.3) is 0 Å². The molecule has 18 heavy (non-hydrogen) atoms. The van der Waals surface area contributed by atoms with E-state index >= 15 is 0 Å². The molecule has 0 radical (unpaired) electrons. The molecule has 0 N–H and O–H groups in total. The van der Waals surface area contributed by atoms with Gasteiger partial charge in [-0.15, -0.1) is 0 Å². The predicted octanol–water partition coefficient (Wildman–Crippen LogP) is 3.99. The molecule has 3 aliphatic rings. The lowest BCUT2D eigenvalue weighted by atomic mass is 9.77. The first-order chi connectivity index (χ1) is 8.32. The molecule has 0 aromatic rings. The molecule has 1 nitrogen and oxygen atoms in total. The van der Waals surface area contributed by atoms with Crippen molar-refractivity contribution in [3.05, 3.63) is 12.2 Å². The highest BCUT2D eigenvalue weighted by Gasteiger charge is 2.62. The standard InChI is InChI=1S/C16H26OSi/c1-9(2)12-13-10-6-7-11(8-10)14(13)15(17)16(12)18(3,4)5/h6-7,9-14,16H,8H2,1-5H3/t10-,11+,12-,13-,14-,16+/m0/s1. The number of ketones is 1. The van der Waals surface area contributed by atoms with Gasteiger partial charge in [0.15, 0.2) is 0 Å². The molecule has 0 aliphatic heterocycles.